The van der Waals surface area contributed by atoms with Gasteiger partial charge in [0, 0.05) is 29.9 Å². The van der Waals surface area contributed by atoms with Crippen LogP contribution in [0.2, 0.25) is 5.02 Å². The average Bonchev–Trinajstić information content (AvgIpc) is 2.79. The van der Waals surface area contributed by atoms with Crippen LogP contribution in [0.1, 0.15) is 0 Å². The van der Waals surface area contributed by atoms with Gasteiger partial charge in [-0.05, 0) is 24.3 Å². The number of rotatable bonds is 3. The monoisotopic (exact) mass is 272 g/mol. The van der Waals surface area contributed by atoms with E-state index in [-0.39, 0.29) is 0 Å². The largest absolute Gasteiger partial charge is 0.329 e. The van der Waals surface area contributed by atoms with E-state index in [0.717, 1.165) is 22.6 Å². The maximum atomic E-state index is 6.05. The molecule has 2 N–H and O–H groups in total. The first-order valence-electron chi connectivity index (χ1n) is 6.07. The predicted octanol–water partition coefficient (Wildman–Crippen LogP) is 2.71. The number of halogens is 1. The number of fused-ring (bicyclic) bond motifs is 1. The Balaban J connectivity index is 2.25. The lowest BCUT2D eigenvalue weighted by atomic mass is 10.2. The molecule has 96 valence electrons. The summed E-state index contributed by atoms with van der Waals surface area (Å²) in [7, 11) is 0. The van der Waals surface area contributed by atoms with E-state index < -0.39 is 0 Å². The van der Waals surface area contributed by atoms with Crippen molar-refractivity contribution in [2.75, 3.05) is 6.54 Å². The zero-order valence-corrected chi connectivity index (χ0v) is 11.0. The summed E-state index contributed by atoms with van der Waals surface area (Å²) in [4.78, 5) is 9.01. The highest BCUT2D eigenvalue weighted by atomic mass is 35.5. The second kappa shape index (κ2) is 4.99. The zero-order valence-electron chi connectivity index (χ0n) is 10.3. The fourth-order valence-corrected chi connectivity index (χ4v) is 2.34. The molecule has 5 heteroatoms. The van der Waals surface area contributed by atoms with E-state index in [1.807, 2.05) is 41.0 Å². The summed E-state index contributed by atoms with van der Waals surface area (Å²) in [5.74, 6) is 0.849. The number of hydrogen-bond donors (Lipinski definition) is 1. The van der Waals surface area contributed by atoms with Gasteiger partial charge in [0.2, 0.25) is 0 Å². The van der Waals surface area contributed by atoms with Crippen LogP contribution in [-0.2, 0) is 6.54 Å². The van der Waals surface area contributed by atoms with Gasteiger partial charge < -0.3 is 10.3 Å². The Morgan fingerprint density at radius 1 is 1.21 bits per heavy atom. The normalized spacial score (nSPS) is 11.1. The Morgan fingerprint density at radius 2 is 2.11 bits per heavy atom. The van der Waals surface area contributed by atoms with Crippen molar-refractivity contribution in [3.05, 3.63) is 47.6 Å². The van der Waals surface area contributed by atoms with Crippen molar-refractivity contribution < 1.29 is 0 Å². The third kappa shape index (κ3) is 2.20. The van der Waals surface area contributed by atoms with Gasteiger partial charge in [-0.1, -0.05) is 23.7 Å². The van der Waals surface area contributed by atoms with E-state index in [4.69, 9.17) is 17.3 Å². The van der Waals surface area contributed by atoms with Gasteiger partial charge in [-0.15, -0.1) is 0 Å². The molecule has 3 rings (SSSR count). The number of nitrogens with zero attached hydrogens (tertiary/aromatic N) is 3. The number of hydrogen-bond acceptors (Lipinski definition) is 3. The van der Waals surface area contributed by atoms with Crippen LogP contribution >= 0.6 is 11.6 Å². The molecule has 1 aromatic carbocycles. The smallest absolute Gasteiger partial charge is 0.160 e. The molecule has 0 atom stereocenters. The van der Waals surface area contributed by atoms with Gasteiger partial charge in [0.15, 0.2) is 5.65 Å². The first-order valence-corrected chi connectivity index (χ1v) is 6.44. The van der Waals surface area contributed by atoms with Gasteiger partial charge >= 0.3 is 0 Å². The molecule has 0 aliphatic carbocycles. The van der Waals surface area contributed by atoms with Crippen LogP contribution in [0.5, 0.6) is 0 Å². The molecular weight excluding hydrogens is 260 g/mol. The molecule has 0 fully saturated rings. The minimum atomic E-state index is 0.537. The molecule has 0 amide bonds. The van der Waals surface area contributed by atoms with Gasteiger partial charge in [0.25, 0.3) is 0 Å². The predicted molar refractivity (Wildman–Crippen MR) is 77.0 cm³/mol. The van der Waals surface area contributed by atoms with Gasteiger partial charge in [0.1, 0.15) is 11.3 Å². The Bertz CT molecular complexity index is 720. The van der Waals surface area contributed by atoms with E-state index in [0.29, 0.717) is 18.1 Å². The van der Waals surface area contributed by atoms with E-state index in [1.165, 1.54) is 0 Å². The molecule has 0 saturated carbocycles. The number of imidazole rings is 1. The van der Waals surface area contributed by atoms with Crippen molar-refractivity contribution >= 4 is 22.8 Å². The molecule has 0 aliphatic heterocycles. The second-order valence-electron chi connectivity index (χ2n) is 4.23. The second-order valence-corrected chi connectivity index (χ2v) is 4.67. The average molecular weight is 273 g/mol. The van der Waals surface area contributed by atoms with Crippen molar-refractivity contribution in [1.29, 1.82) is 0 Å². The lowest BCUT2D eigenvalue weighted by Crippen LogP contribution is -2.11. The van der Waals surface area contributed by atoms with Crippen molar-refractivity contribution in [3.63, 3.8) is 0 Å². The molecular formula is C14H13ClN4. The lowest BCUT2D eigenvalue weighted by molar-refractivity contribution is 0.729. The lowest BCUT2D eigenvalue weighted by Gasteiger charge is -2.07. The minimum absolute atomic E-state index is 0.537. The number of aromatic nitrogens is 3. The summed E-state index contributed by atoms with van der Waals surface area (Å²) in [5, 5.41) is 0.691. The van der Waals surface area contributed by atoms with Crippen LogP contribution in [0.15, 0.2) is 42.6 Å². The summed E-state index contributed by atoms with van der Waals surface area (Å²) in [6.07, 6.45) is 1.76. The number of nitrogens with two attached hydrogens (primary N) is 1. The van der Waals surface area contributed by atoms with Gasteiger partial charge in [-0.25, -0.2) is 9.97 Å². The SMILES string of the molecule is NCCn1c(-c2cccc(Cl)c2)nc2cccnc21. The van der Waals surface area contributed by atoms with Crippen LogP contribution in [0.25, 0.3) is 22.6 Å². The highest BCUT2D eigenvalue weighted by Crippen LogP contribution is 2.25. The molecule has 2 heterocycles. The van der Waals surface area contributed by atoms with E-state index >= 15 is 0 Å². The van der Waals surface area contributed by atoms with Crippen LogP contribution in [-0.4, -0.2) is 21.1 Å². The topological polar surface area (TPSA) is 56.7 Å². The summed E-state index contributed by atoms with van der Waals surface area (Å²) in [5.41, 5.74) is 8.37. The molecule has 0 spiro atoms. The number of benzene rings is 1. The summed E-state index contributed by atoms with van der Waals surface area (Å²) >= 11 is 6.05. The summed E-state index contributed by atoms with van der Waals surface area (Å²) < 4.78 is 2.03. The van der Waals surface area contributed by atoms with Crippen molar-refractivity contribution in [2.24, 2.45) is 5.73 Å². The molecule has 0 aliphatic rings. The number of pyridine rings is 1. The molecule has 4 nitrogen and oxygen atoms in total. The quantitative estimate of drug-likeness (QED) is 0.798. The van der Waals surface area contributed by atoms with Crippen LogP contribution in [0.4, 0.5) is 0 Å². The molecule has 0 radical (unpaired) electrons. The maximum absolute atomic E-state index is 6.05. The van der Waals surface area contributed by atoms with Gasteiger partial charge in [-0.3, -0.25) is 0 Å². The minimum Gasteiger partial charge on any atom is -0.329 e. The summed E-state index contributed by atoms with van der Waals surface area (Å²) in [6, 6.07) is 11.5. The fourth-order valence-electron chi connectivity index (χ4n) is 2.15. The van der Waals surface area contributed by atoms with Crippen LogP contribution < -0.4 is 5.73 Å². The van der Waals surface area contributed by atoms with Crippen LogP contribution in [0, 0.1) is 0 Å². The van der Waals surface area contributed by atoms with Gasteiger partial charge in [0.05, 0.1) is 0 Å². The van der Waals surface area contributed by atoms with Crippen molar-refractivity contribution in [3.8, 4) is 11.4 Å². The molecule has 0 bridgehead atoms. The Kier molecular flexibility index (Phi) is 3.19. The molecule has 0 saturated heterocycles. The standard InChI is InChI=1S/C14H13ClN4/c15-11-4-1-3-10(9-11)13-18-12-5-2-7-17-14(12)19(13)8-6-16/h1-5,7,9H,6,8,16H2. The zero-order chi connectivity index (χ0) is 13.2. The third-order valence-corrected chi connectivity index (χ3v) is 3.17. The highest BCUT2D eigenvalue weighted by molar-refractivity contribution is 6.30. The first kappa shape index (κ1) is 12.1. The molecule has 3 aromatic rings. The molecule has 19 heavy (non-hydrogen) atoms. The highest BCUT2D eigenvalue weighted by Gasteiger charge is 2.12. The summed E-state index contributed by atoms with van der Waals surface area (Å²) in [6.45, 7) is 1.21. The maximum Gasteiger partial charge on any atom is 0.160 e. The van der Waals surface area contributed by atoms with Crippen molar-refractivity contribution in [1.82, 2.24) is 14.5 Å². The Hall–Kier alpha value is -1.91. The fraction of sp³-hybridized carbons (Fsp3) is 0.143. The molecule has 0 unspecified atom stereocenters. The van der Waals surface area contributed by atoms with E-state index in [9.17, 15) is 0 Å². The first-order chi connectivity index (χ1) is 9.29. The third-order valence-electron chi connectivity index (χ3n) is 2.94. The van der Waals surface area contributed by atoms with Gasteiger partial charge in [-0.2, -0.15) is 0 Å². The molecule has 2 aromatic heterocycles. The van der Waals surface area contributed by atoms with Crippen LogP contribution in [0.3, 0.4) is 0 Å². The Morgan fingerprint density at radius 3 is 2.89 bits per heavy atom. The van der Waals surface area contributed by atoms with E-state index in [2.05, 4.69) is 9.97 Å². The van der Waals surface area contributed by atoms with E-state index in [1.54, 1.807) is 6.20 Å². The van der Waals surface area contributed by atoms with Crippen molar-refractivity contribution in [2.45, 2.75) is 6.54 Å². The Labute approximate surface area is 115 Å².